The molecule has 1 amide bonds. The molecular weight excluding hydrogens is 583 g/mol. The second kappa shape index (κ2) is 13.3. The third kappa shape index (κ3) is 7.55. The lowest BCUT2D eigenvalue weighted by atomic mass is 10.2. The zero-order valence-electron chi connectivity index (χ0n) is 18.0. The van der Waals surface area contributed by atoms with Gasteiger partial charge in [0.25, 0.3) is 0 Å². The van der Waals surface area contributed by atoms with Crippen molar-refractivity contribution in [3.05, 3.63) is 90.8 Å². The summed E-state index contributed by atoms with van der Waals surface area (Å²) in [5, 5.41) is 5.82. The second-order valence-corrected chi connectivity index (χ2v) is 9.96. The Morgan fingerprint density at radius 1 is 1.09 bits per heavy atom. The molecule has 0 aromatic heterocycles. The summed E-state index contributed by atoms with van der Waals surface area (Å²) in [5.74, 6) is 1.55. The van der Waals surface area contributed by atoms with Crippen LogP contribution in [0.5, 0.6) is 11.5 Å². The van der Waals surface area contributed by atoms with Crippen LogP contribution in [0.4, 0.5) is 0 Å². The molecule has 0 aliphatic rings. The lowest BCUT2D eigenvalue weighted by molar-refractivity contribution is -0.118. The Bertz CT molecular complexity index is 1170. The molecule has 3 aromatic rings. The first-order valence-electron chi connectivity index (χ1n) is 9.95. The van der Waals surface area contributed by atoms with Crippen molar-refractivity contribution in [1.29, 1.82) is 0 Å². The van der Waals surface area contributed by atoms with E-state index in [4.69, 9.17) is 44.3 Å². The van der Waals surface area contributed by atoms with E-state index in [1.54, 1.807) is 31.4 Å². The van der Waals surface area contributed by atoms with Crippen molar-refractivity contribution in [2.24, 2.45) is 5.10 Å². The molecule has 0 bridgehead atoms. The van der Waals surface area contributed by atoms with Gasteiger partial charge in [0.05, 0.1) is 23.5 Å². The van der Waals surface area contributed by atoms with E-state index in [1.165, 1.54) is 18.0 Å². The van der Waals surface area contributed by atoms with Gasteiger partial charge in [-0.3, -0.25) is 4.79 Å². The maximum absolute atomic E-state index is 12.1. The fraction of sp³-hybridized carbons (Fsp3) is 0.167. The van der Waals surface area contributed by atoms with E-state index in [-0.39, 0.29) is 18.3 Å². The Morgan fingerprint density at radius 3 is 2.50 bits per heavy atom. The van der Waals surface area contributed by atoms with Crippen LogP contribution >= 0.6 is 62.5 Å². The van der Waals surface area contributed by atoms with Gasteiger partial charge in [-0.25, -0.2) is 5.43 Å². The molecule has 0 unspecified atom stereocenters. The van der Waals surface area contributed by atoms with E-state index in [0.717, 1.165) is 11.1 Å². The Morgan fingerprint density at radius 2 is 1.79 bits per heavy atom. The van der Waals surface area contributed by atoms with Crippen molar-refractivity contribution < 1.29 is 14.3 Å². The van der Waals surface area contributed by atoms with Crippen LogP contribution in [-0.2, 0) is 17.2 Å². The molecule has 10 heteroatoms. The van der Waals surface area contributed by atoms with Gasteiger partial charge >= 0.3 is 0 Å². The van der Waals surface area contributed by atoms with Crippen molar-refractivity contribution in [2.45, 2.75) is 12.4 Å². The average Bonchev–Trinajstić information content (AvgIpc) is 2.81. The summed E-state index contributed by atoms with van der Waals surface area (Å²) in [6.07, 6.45) is 1.53. The quantitative estimate of drug-likeness (QED) is 0.194. The Kier molecular flexibility index (Phi) is 10.4. The molecule has 178 valence electrons. The highest BCUT2D eigenvalue weighted by Gasteiger charge is 2.13. The highest BCUT2D eigenvalue weighted by molar-refractivity contribution is 9.10. The maximum atomic E-state index is 12.1. The van der Waals surface area contributed by atoms with Crippen molar-refractivity contribution >= 4 is 74.6 Å². The highest BCUT2D eigenvalue weighted by atomic mass is 79.9. The van der Waals surface area contributed by atoms with Crippen LogP contribution in [0.1, 0.15) is 16.7 Å². The molecule has 0 aliphatic carbocycles. The maximum Gasteiger partial charge on any atom is 0.250 e. The first-order chi connectivity index (χ1) is 16.4. The van der Waals surface area contributed by atoms with E-state index < -0.39 is 0 Å². The number of thioether (sulfide) groups is 1. The number of nitrogens with one attached hydrogen (secondary N) is 1. The monoisotopic (exact) mass is 600 g/mol. The van der Waals surface area contributed by atoms with Crippen LogP contribution in [0, 0.1) is 0 Å². The summed E-state index contributed by atoms with van der Waals surface area (Å²) in [7, 11) is 1.55. The lowest BCUT2D eigenvalue weighted by Gasteiger charge is -2.14. The first-order valence-corrected chi connectivity index (χ1v) is 13.0. The van der Waals surface area contributed by atoms with Gasteiger partial charge < -0.3 is 9.47 Å². The van der Waals surface area contributed by atoms with Gasteiger partial charge in [0.2, 0.25) is 5.91 Å². The number of hydrazone groups is 1. The average molecular weight is 603 g/mol. The topological polar surface area (TPSA) is 59.9 Å². The summed E-state index contributed by atoms with van der Waals surface area (Å²) in [6.45, 7) is 0.287. The molecule has 1 N–H and O–H groups in total. The number of methoxy groups -OCH3 is 1. The number of carbonyl (C=O) groups excluding carboxylic acids is 1. The molecule has 34 heavy (non-hydrogen) atoms. The predicted octanol–water partition coefficient (Wildman–Crippen LogP) is 7.38. The number of halogens is 4. The molecule has 0 spiro atoms. The SMILES string of the molecule is COc1cc(/C=N\NC(=O)CSCc2c(Cl)cccc2Cl)cc(Br)c1OCc1ccccc1Cl. The second-order valence-electron chi connectivity index (χ2n) is 6.90. The molecule has 0 atom stereocenters. The molecule has 0 saturated heterocycles. The van der Waals surface area contributed by atoms with Gasteiger partial charge in [0.1, 0.15) is 6.61 Å². The highest BCUT2D eigenvalue weighted by Crippen LogP contribution is 2.37. The number of ether oxygens (including phenoxy) is 2. The summed E-state index contributed by atoms with van der Waals surface area (Å²) < 4.78 is 12.1. The summed E-state index contributed by atoms with van der Waals surface area (Å²) in [6, 6.07) is 16.4. The molecule has 5 nitrogen and oxygen atoms in total. The predicted molar refractivity (Wildman–Crippen MR) is 145 cm³/mol. The number of hydrogen-bond donors (Lipinski definition) is 1. The van der Waals surface area contributed by atoms with Crippen LogP contribution < -0.4 is 14.9 Å². The van der Waals surface area contributed by atoms with Gasteiger partial charge in [0, 0.05) is 26.4 Å². The van der Waals surface area contributed by atoms with Crippen molar-refractivity contribution in [2.75, 3.05) is 12.9 Å². The van der Waals surface area contributed by atoms with Gasteiger partial charge in [-0.05, 0) is 57.4 Å². The first kappa shape index (κ1) is 26.7. The molecule has 0 saturated carbocycles. The summed E-state index contributed by atoms with van der Waals surface area (Å²) >= 11 is 23.4. The normalized spacial score (nSPS) is 11.0. The number of hydrogen-bond acceptors (Lipinski definition) is 5. The number of amides is 1. The fourth-order valence-electron chi connectivity index (χ4n) is 2.85. The molecular formula is C24H20BrCl3N2O3S. The van der Waals surface area contributed by atoms with Crippen molar-refractivity contribution in [1.82, 2.24) is 5.43 Å². The largest absolute Gasteiger partial charge is 0.493 e. The molecule has 0 fully saturated rings. The van der Waals surface area contributed by atoms with E-state index in [9.17, 15) is 4.79 Å². The van der Waals surface area contributed by atoms with Gasteiger partial charge in [0.15, 0.2) is 11.5 Å². The van der Waals surface area contributed by atoms with Gasteiger partial charge in [-0.1, -0.05) is 59.1 Å². The minimum atomic E-state index is -0.241. The minimum Gasteiger partial charge on any atom is -0.493 e. The van der Waals surface area contributed by atoms with Crippen LogP contribution in [0.15, 0.2) is 64.2 Å². The fourth-order valence-corrected chi connectivity index (χ4v) is 5.17. The van der Waals surface area contributed by atoms with Crippen LogP contribution in [0.25, 0.3) is 0 Å². The van der Waals surface area contributed by atoms with E-state index >= 15 is 0 Å². The zero-order chi connectivity index (χ0) is 24.5. The third-order valence-electron chi connectivity index (χ3n) is 4.53. The van der Waals surface area contributed by atoms with E-state index in [1.807, 2.05) is 30.3 Å². The van der Waals surface area contributed by atoms with Crippen molar-refractivity contribution in [3.8, 4) is 11.5 Å². The Hall–Kier alpha value is -1.90. The number of carbonyl (C=O) groups is 1. The van der Waals surface area contributed by atoms with Crippen molar-refractivity contribution in [3.63, 3.8) is 0 Å². The van der Waals surface area contributed by atoms with Crippen LogP contribution in [-0.4, -0.2) is 25.0 Å². The minimum absolute atomic E-state index is 0.209. The van der Waals surface area contributed by atoms with E-state index in [2.05, 4.69) is 26.5 Å². The van der Waals surface area contributed by atoms with Crippen LogP contribution in [0.3, 0.4) is 0 Å². The number of rotatable bonds is 10. The zero-order valence-corrected chi connectivity index (χ0v) is 22.7. The van der Waals surface area contributed by atoms with E-state index in [0.29, 0.717) is 42.4 Å². The smallest absolute Gasteiger partial charge is 0.250 e. The number of benzene rings is 3. The standard InChI is InChI=1S/C24H20BrCl3N2O3S/c1-32-22-10-15(9-18(25)24(22)33-12-16-5-2-3-6-19(16)26)11-29-30-23(31)14-34-13-17-20(27)7-4-8-21(17)28/h2-11H,12-14H2,1H3,(H,30,31)/b29-11-. The molecule has 0 heterocycles. The summed E-state index contributed by atoms with van der Waals surface area (Å²) in [4.78, 5) is 12.1. The van der Waals surface area contributed by atoms with Gasteiger partial charge in [-0.15, -0.1) is 11.8 Å². The van der Waals surface area contributed by atoms with Gasteiger partial charge in [-0.2, -0.15) is 5.10 Å². The van der Waals surface area contributed by atoms with Crippen LogP contribution in [0.2, 0.25) is 15.1 Å². The molecule has 3 aromatic carbocycles. The number of nitrogens with zero attached hydrogens (tertiary/aromatic N) is 1. The molecule has 0 aliphatic heterocycles. The Labute approximate surface area is 225 Å². The summed E-state index contributed by atoms with van der Waals surface area (Å²) in [5.41, 5.74) is 4.89. The Balaban J connectivity index is 1.55. The third-order valence-corrected chi connectivity index (χ3v) is 7.15. The lowest BCUT2D eigenvalue weighted by Crippen LogP contribution is -2.19. The molecule has 0 radical (unpaired) electrons. The molecule has 3 rings (SSSR count).